The summed E-state index contributed by atoms with van der Waals surface area (Å²) in [6, 6.07) is 11.0. The molecule has 10 heteroatoms. The molecule has 0 saturated heterocycles. The first-order valence-corrected chi connectivity index (χ1v) is 10.2. The smallest absolute Gasteiger partial charge is 0.175 e. The van der Waals surface area contributed by atoms with E-state index in [1.807, 2.05) is 28.7 Å². The molecule has 0 saturated carbocycles. The number of rotatable bonds is 5. The number of nitrogens with zero attached hydrogens (tertiary/aromatic N) is 3. The van der Waals surface area contributed by atoms with Gasteiger partial charge in [-0.15, -0.1) is 0 Å². The van der Waals surface area contributed by atoms with E-state index in [4.69, 9.17) is 29.5 Å². The molecule has 170 valence electrons. The minimum absolute atomic E-state index is 0.0248. The molecule has 7 nitrogen and oxygen atoms in total. The summed E-state index contributed by atoms with van der Waals surface area (Å²) < 4.78 is 47.8. The molecule has 3 rings (SSSR count). The Morgan fingerprint density at radius 3 is 1.82 bits per heavy atom. The third kappa shape index (κ3) is 5.41. The summed E-state index contributed by atoms with van der Waals surface area (Å²) in [6.45, 7) is 0. The van der Waals surface area contributed by atoms with Crippen molar-refractivity contribution in [2.45, 2.75) is 0 Å². The lowest BCUT2D eigenvalue weighted by Gasteiger charge is -2.14. The largest absolute Gasteiger partial charge is 0.493 e. The summed E-state index contributed by atoms with van der Waals surface area (Å²) in [7, 11) is 5.70. The maximum Gasteiger partial charge on any atom is 0.175 e. The van der Waals surface area contributed by atoms with Gasteiger partial charge in [-0.05, 0) is 34.7 Å². The summed E-state index contributed by atoms with van der Waals surface area (Å²) in [4.78, 5) is 4.13. The maximum absolute atomic E-state index is 13.9. The number of pyridine rings is 1. The highest BCUT2D eigenvalue weighted by Gasteiger charge is 2.22. The van der Waals surface area contributed by atoms with Crippen molar-refractivity contribution in [1.82, 2.24) is 4.98 Å². The molecular weight excluding hydrogens is 547 g/mol. The van der Waals surface area contributed by atoms with E-state index in [0.29, 0.717) is 26.3 Å². The van der Waals surface area contributed by atoms with Gasteiger partial charge in [0.15, 0.2) is 23.0 Å². The number of halogens is 3. The first-order valence-electron chi connectivity index (χ1n) is 9.14. The van der Waals surface area contributed by atoms with Gasteiger partial charge in [-0.3, -0.25) is 4.98 Å². The highest BCUT2D eigenvalue weighted by atomic mass is 127. The Balaban J connectivity index is 0.000000245. The van der Waals surface area contributed by atoms with Crippen molar-refractivity contribution in [3.05, 3.63) is 62.9 Å². The minimum Gasteiger partial charge on any atom is -0.493 e. The SMILES string of the molecule is COc1cc(F)c(C#N)c(-c2ccccn2)c1OC.COc1cc(F)c(C#N)c(I)c1OC. The normalized spacial score (nSPS) is 9.61. The quantitative estimate of drug-likeness (QED) is 0.398. The number of hydrogen-bond donors (Lipinski definition) is 0. The van der Waals surface area contributed by atoms with E-state index in [-0.39, 0.29) is 22.6 Å². The third-order valence-electron chi connectivity index (χ3n) is 4.33. The van der Waals surface area contributed by atoms with Gasteiger partial charge in [0.1, 0.15) is 34.9 Å². The summed E-state index contributed by atoms with van der Waals surface area (Å²) in [5, 5.41) is 17.8. The zero-order chi connectivity index (χ0) is 24.5. The van der Waals surface area contributed by atoms with Gasteiger partial charge < -0.3 is 18.9 Å². The number of hydrogen-bond acceptors (Lipinski definition) is 7. The molecule has 0 spiro atoms. The number of aromatic nitrogens is 1. The van der Waals surface area contributed by atoms with Crippen LogP contribution in [0.15, 0.2) is 36.5 Å². The summed E-state index contributed by atoms with van der Waals surface area (Å²) >= 11 is 1.85. The van der Waals surface area contributed by atoms with Crippen LogP contribution in [0, 0.1) is 37.9 Å². The zero-order valence-electron chi connectivity index (χ0n) is 18.1. The van der Waals surface area contributed by atoms with Crippen LogP contribution < -0.4 is 18.9 Å². The molecule has 1 heterocycles. The molecule has 0 aliphatic carbocycles. The molecule has 0 aliphatic rings. The number of ether oxygens (including phenoxy) is 4. The Bertz CT molecular complexity index is 1230. The molecule has 1 aromatic heterocycles. The predicted octanol–water partition coefficient (Wildman–Crippen LogP) is 5.10. The van der Waals surface area contributed by atoms with Crippen LogP contribution >= 0.6 is 22.6 Å². The van der Waals surface area contributed by atoms with Crippen LogP contribution in [0.5, 0.6) is 23.0 Å². The van der Waals surface area contributed by atoms with Crippen molar-refractivity contribution in [2.75, 3.05) is 28.4 Å². The highest BCUT2D eigenvalue weighted by Crippen LogP contribution is 2.41. The summed E-state index contributed by atoms with van der Waals surface area (Å²) in [5.41, 5.74) is 0.607. The van der Waals surface area contributed by atoms with E-state index in [0.717, 1.165) is 12.1 Å². The van der Waals surface area contributed by atoms with E-state index < -0.39 is 11.6 Å². The number of nitriles is 2. The minimum atomic E-state index is -0.666. The second-order valence-corrected chi connectivity index (χ2v) is 7.14. The van der Waals surface area contributed by atoms with Gasteiger partial charge in [-0.2, -0.15) is 10.5 Å². The van der Waals surface area contributed by atoms with Crippen LogP contribution in [0.1, 0.15) is 11.1 Å². The molecule has 0 bridgehead atoms. The fourth-order valence-electron chi connectivity index (χ4n) is 2.85. The van der Waals surface area contributed by atoms with Crippen molar-refractivity contribution < 1.29 is 27.7 Å². The molecular formula is C23H18F2IN3O4. The monoisotopic (exact) mass is 565 g/mol. The van der Waals surface area contributed by atoms with E-state index in [2.05, 4.69) is 4.98 Å². The average Bonchev–Trinajstić information content (AvgIpc) is 2.84. The van der Waals surface area contributed by atoms with E-state index in [9.17, 15) is 8.78 Å². The lowest BCUT2D eigenvalue weighted by atomic mass is 10.0. The number of methoxy groups -OCH3 is 4. The first-order chi connectivity index (χ1) is 15.9. The van der Waals surface area contributed by atoms with Gasteiger partial charge in [0, 0.05) is 18.3 Å². The van der Waals surface area contributed by atoms with Crippen LogP contribution in [0.3, 0.4) is 0 Å². The fraction of sp³-hybridized carbons (Fsp3) is 0.174. The van der Waals surface area contributed by atoms with Crippen LogP contribution in [-0.2, 0) is 0 Å². The standard InChI is InChI=1S/C14H11FN2O2.C9H7FINO2/c1-18-12-7-10(15)9(8-16)13(14(12)19-2)11-5-3-4-6-17-11;1-13-7-3-6(10)5(4-12)8(11)9(7)14-2/h3-7H,1-2H3;3H,1-2H3. The van der Waals surface area contributed by atoms with E-state index in [1.165, 1.54) is 28.4 Å². The van der Waals surface area contributed by atoms with Gasteiger partial charge in [0.05, 0.1) is 43.3 Å². The molecule has 3 aromatic rings. The van der Waals surface area contributed by atoms with Crippen molar-refractivity contribution in [1.29, 1.82) is 10.5 Å². The Kier molecular flexibility index (Phi) is 9.18. The van der Waals surface area contributed by atoms with Gasteiger partial charge >= 0.3 is 0 Å². The van der Waals surface area contributed by atoms with Crippen molar-refractivity contribution in [3.63, 3.8) is 0 Å². The Labute approximate surface area is 203 Å². The highest BCUT2D eigenvalue weighted by molar-refractivity contribution is 14.1. The maximum atomic E-state index is 13.9. The van der Waals surface area contributed by atoms with Crippen molar-refractivity contribution in [2.24, 2.45) is 0 Å². The third-order valence-corrected chi connectivity index (χ3v) is 5.36. The topological polar surface area (TPSA) is 97.4 Å². The predicted molar refractivity (Wildman–Crippen MR) is 124 cm³/mol. The second-order valence-electron chi connectivity index (χ2n) is 6.07. The van der Waals surface area contributed by atoms with E-state index in [1.54, 1.807) is 30.5 Å². The second kappa shape index (κ2) is 11.8. The molecule has 0 atom stereocenters. The average molecular weight is 565 g/mol. The molecule has 0 amide bonds. The molecule has 0 N–H and O–H groups in total. The van der Waals surface area contributed by atoms with Crippen LogP contribution in [-0.4, -0.2) is 33.4 Å². The molecule has 0 fully saturated rings. The fourth-order valence-corrected chi connectivity index (χ4v) is 3.72. The number of benzene rings is 2. The van der Waals surface area contributed by atoms with Crippen LogP contribution in [0.25, 0.3) is 11.3 Å². The van der Waals surface area contributed by atoms with Gasteiger partial charge in [-0.25, -0.2) is 8.78 Å². The molecule has 0 radical (unpaired) electrons. The summed E-state index contributed by atoms with van der Waals surface area (Å²) in [6.07, 6.45) is 1.56. The summed E-state index contributed by atoms with van der Waals surface area (Å²) in [5.74, 6) is -0.0893. The van der Waals surface area contributed by atoms with Gasteiger partial charge in [-0.1, -0.05) is 6.07 Å². The van der Waals surface area contributed by atoms with Crippen molar-refractivity contribution in [3.8, 4) is 46.4 Å². The van der Waals surface area contributed by atoms with Crippen molar-refractivity contribution >= 4 is 22.6 Å². The van der Waals surface area contributed by atoms with Crippen LogP contribution in [0.4, 0.5) is 8.78 Å². The molecule has 33 heavy (non-hydrogen) atoms. The molecule has 0 unspecified atom stereocenters. The van der Waals surface area contributed by atoms with Crippen LogP contribution in [0.2, 0.25) is 0 Å². The lowest BCUT2D eigenvalue weighted by Crippen LogP contribution is -2.00. The Hall–Kier alpha value is -3.64. The zero-order valence-corrected chi connectivity index (χ0v) is 20.2. The van der Waals surface area contributed by atoms with Gasteiger partial charge in [0.25, 0.3) is 0 Å². The molecule has 0 aliphatic heterocycles. The van der Waals surface area contributed by atoms with E-state index >= 15 is 0 Å². The Morgan fingerprint density at radius 1 is 0.818 bits per heavy atom. The first kappa shape index (κ1) is 25.6. The Morgan fingerprint density at radius 2 is 1.36 bits per heavy atom. The molecule has 2 aromatic carbocycles. The lowest BCUT2D eigenvalue weighted by molar-refractivity contribution is 0.350. The van der Waals surface area contributed by atoms with Gasteiger partial charge in [0.2, 0.25) is 0 Å².